The maximum absolute atomic E-state index is 9.44. The van der Waals surface area contributed by atoms with E-state index in [4.69, 9.17) is 4.74 Å². The van der Waals surface area contributed by atoms with Crippen LogP contribution < -0.4 is 4.74 Å². The monoisotopic (exact) mass is 284 g/mol. The number of aromatic hydroxyl groups is 1. The molecule has 2 heterocycles. The molecule has 6 heteroatoms. The lowest BCUT2D eigenvalue weighted by atomic mass is 10.1. The van der Waals surface area contributed by atoms with E-state index in [-0.39, 0.29) is 11.8 Å². The fraction of sp³-hybridized carbons (Fsp3) is 0.267. The average molecular weight is 284 g/mol. The summed E-state index contributed by atoms with van der Waals surface area (Å²) in [6.45, 7) is 4.09. The molecule has 0 bridgehead atoms. The van der Waals surface area contributed by atoms with E-state index in [9.17, 15) is 5.11 Å². The predicted octanol–water partition coefficient (Wildman–Crippen LogP) is 2.79. The summed E-state index contributed by atoms with van der Waals surface area (Å²) < 4.78 is 7.20. The van der Waals surface area contributed by atoms with Crippen molar-refractivity contribution in [2.45, 2.75) is 19.9 Å². The number of benzene rings is 1. The van der Waals surface area contributed by atoms with E-state index in [1.807, 2.05) is 30.7 Å². The van der Waals surface area contributed by atoms with Crippen molar-refractivity contribution in [3.63, 3.8) is 0 Å². The highest BCUT2D eigenvalue weighted by Gasteiger charge is 2.19. The molecule has 0 unspecified atom stereocenters. The first-order valence-corrected chi connectivity index (χ1v) is 6.68. The van der Waals surface area contributed by atoms with Gasteiger partial charge in [0.1, 0.15) is 23.2 Å². The molecule has 3 aromatic rings. The Morgan fingerprint density at radius 1 is 1.14 bits per heavy atom. The van der Waals surface area contributed by atoms with Crippen LogP contribution in [0.25, 0.3) is 22.3 Å². The van der Waals surface area contributed by atoms with E-state index in [0.29, 0.717) is 5.88 Å². The van der Waals surface area contributed by atoms with Crippen LogP contribution >= 0.6 is 0 Å². The fourth-order valence-corrected chi connectivity index (χ4v) is 2.28. The number of hydrogen-bond acceptors (Lipinski definition) is 5. The Hall–Kier alpha value is -2.63. The largest absolute Gasteiger partial charge is 0.508 e. The molecule has 1 N–H and O–H groups in total. The minimum atomic E-state index is 0.165. The van der Waals surface area contributed by atoms with E-state index in [1.165, 1.54) is 6.33 Å². The van der Waals surface area contributed by atoms with Gasteiger partial charge in [-0.1, -0.05) is 0 Å². The smallest absolute Gasteiger partial charge is 0.228 e. The Morgan fingerprint density at radius 2 is 1.86 bits per heavy atom. The van der Waals surface area contributed by atoms with Crippen LogP contribution in [-0.2, 0) is 0 Å². The zero-order chi connectivity index (χ0) is 15.0. The van der Waals surface area contributed by atoms with Crippen molar-refractivity contribution in [2.75, 3.05) is 7.11 Å². The van der Waals surface area contributed by atoms with Crippen LogP contribution in [0.2, 0.25) is 0 Å². The van der Waals surface area contributed by atoms with Crippen molar-refractivity contribution in [3.8, 4) is 22.9 Å². The van der Waals surface area contributed by atoms with Crippen LogP contribution in [-0.4, -0.2) is 32.0 Å². The van der Waals surface area contributed by atoms with Crippen LogP contribution in [0.4, 0.5) is 0 Å². The first-order chi connectivity index (χ1) is 10.1. The molecule has 0 amide bonds. The second-order valence-corrected chi connectivity index (χ2v) is 5.02. The van der Waals surface area contributed by atoms with Crippen LogP contribution in [0.1, 0.15) is 19.9 Å². The normalized spacial score (nSPS) is 11.2. The van der Waals surface area contributed by atoms with Gasteiger partial charge in [0.05, 0.1) is 7.11 Å². The maximum Gasteiger partial charge on any atom is 0.228 e. The van der Waals surface area contributed by atoms with Gasteiger partial charge in [-0.2, -0.15) is 5.10 Å². The summed E-state index contributed by atoms with van der Waals surface area (Å²) in [4.78, 5) is 8.50. The Bertz CT molecular complexity index is 778. The van der Waals surface area contributed by atoms with Crippen molar-refractivity contribution < 1.29 is 9.84 Å². The summed E-state index contributed by atoms with van der Waals surface area (Å²) in [6, 6.07) is 7.05. The molecular weight excluding hydrogens is 268 g/mol. The third-order valence-electron chi connectivity index (χ3n) is 3.28. The Labute approximate surface area is 122 Å². The molecule has 0 fully saturated rings. The summed E-state index contributed by atoms with van der Waals surface area (Å²) in [6.07, 6.45) is 1.47. The summed E-state index contributed by atoms with van der Waals surface area (Å²) in [5, 5.41) is 14.9. The molecule has 0 saturated carbocycles. The summed E-state index contributed by atoms with van der Waals surface area (Å²) in [5.41, 5.74) is 2.36. The molecule has 3 rings (SSSR count). The van der Waals surface area contributed by atoms with E-state index < -0.39 is 0 Å². The van der Waals surface area contributed by atoms with Gasteiger partial charge < -0.3 is 9.84 Å². The molecule has 0 aliphatic heterocycles. The van der Waals surface area contributed by atoms with Crippen molar-refractivity contribution in [1.29, 1.82) is 0 Å². The van der Waals surface area contributed by atoms with E-state index in [1.54, 1.807) is 19.2 Å². The van der Waals surface area contributed by atoms with E-state index in [0.717, 1.165) is 22.3 Å². The average Bonchev–Trinajstić information content (AvgIpc) is 2.88. The lowest BCUT2D eigenvalue weighted by Crippen LogP contribution is -2.03. The summed E-state index contributed by atoms with van der Waals surface area (Å²) in [7, 11) is 1.58. The molecule has 0 spiro atoms. The van der Waals surface area contributed by atoms with Gasteiger partial charge in [-0.05, 0) is 38.1 Å². The van der Waals surface area contributed by atoms with Crippen LogP contribution in [0.3, 0.4) is 0 Å². The Morgan fingerprint density at radius 3 is 2.48 bits per heavy atom. The van der Waals surface area contributed by atoms with Gasteiger partial charge >= 0.3 is 0 Å². The lowest BCUT2D eigenvalue weighted by molar-refractivity contribution is 0.402. The number of aromatic nitrogens is 4. The number of methoxy groups -OCH3 is 1. The van der Waals surface area contributed by atoms with Crippen LogP contribution in [0, 0.1) is 0 Å². The number of rotatable bonds is 3. The number of phenols is 1. The molecule has 1 aromatic carbocycles. The highest BCUT2D eigenvalue weighted by atomic mass is 16.5. The van der Waals surface area contributed by atoms with Crippen LogP contribution in [0.5, 0.6) is 11.6 Å². The number of ether oxygens (including phenoxy) is 1. The molecule has 2 aromatic heterocycles. The summed E-state index contributed by atoms with van der Waals surface area (Å²) in [5.74, 6) is 0.713. The number of nitrogens with zero attached hydrogens (tertiary/aromatic N) is 4. The minimum Gasteiger partial charge on any atom is -0.508 e. The lowest BCUT2D eigenvalue weighted by Gasteiger charge is -2.05. The third-order valence-corrected chi connectivity index (χ3v) is 3.28. The minimum absolute atomic E-state index is 0.165. The highest BCUT2D eigenvalue weighted by molar-refractivity contribution is 5.95. The Kier molecular flexibility index (Phi) is 3.21. The molecule has 108 valence electrons. The van der Waals surface area contributed by atoms with E-state index >= 15 is 0 Å². The second kappa shape index (κ2) is 5.05. The molecular formula is C15H16N4O2. The van der Waals surface area contributed by atoms with Gasteiger partial charge in [-0.15, -0.1) is 0 Å². The van der Waals surface area contributed by atoms with Crippen molar-refractivity contribution >= 4 is 11.0 Å². The Balaban J connectivity index is 2.33. The molecule has 0 atom stereocenters. The van der Waals surface area contributed by atoms with Gasteiger partial charge in [-0.3, -0.25) is 0 Å². The SMILES string of the molecule is COc1ncnc2c1c(-c1ccc(O)cc1)nn2C(C)C. The fourth-order valence-electron chi connectivity index (χ4n) is 2.28. The topological polar surface area (TPSA) is 73.1 Å². The number of fused-ring (bicyclic) bond motifs is 1. The number of hydrogen-bond donors (Lipinski definition) is 1. The van der Waals surface area contributed by atoms with E-state index in [2.05, 4.69) is 15.1 Å². The van der Waals surface area contributed by atoms with Crippen molar-refractivity contribution in [3.05, 3.63) is 30.6 Å². The first-order valence-electron chi connectivity index (χ1n) is 6.68. The van der Waals surface area contributed by atoms with Gasteiger partial charge in [-0.25, -0.2) is 14.6 Å². The van der Waals surface area contributed by atoms with Crippen molar-refractivity contribution in [1.82, 2.24) is 19.7 Å². The quantitative estimate of drug-likeness (QED) is 0.800. The first kappa shape index (κ1) is 13.4. The molecule has 0 radical (unpaired) electrons. The van der Waals surface area contributed by atoms with Gasteiger partial charge in [0.25, 0.3) is 0 Å². The van der Waals surface area contributed by atoms with Gasteiger partial charge in [0.2, 0.25) is 5.88 Å². The van der Waals surface area contributed by atoms with Gasteiger partial charge in [0.15, 0.2) is 5.65 Å². The standard InChI is InChI=1S/C15H16N4O2/c1-9(2)19-14-12(15(21-3)17-8-16-14)13(18-19)10-4-6-11(20)7-5-10/h4-9,20H,1-3H3. The molecule has 0 aliphatic rings. The maximum atomic E-state index is 9.44. The predicted molar refractivity (Wildman–Crippen MR) is 79.4 cm³/mol. The summed E-state index contributed by atoms with van der Waals surface area (Å²) >= 11 is 0. The molecule has 6 nitrogen and oxygen atoms in total. The molecule has 21 heavy (non-hydrogen) atoms. The van der Waals surface area contributed by atoms with Crippen molar-refractivity contribution in [2.24, 2.45) is 0 Å². The third kappa shape index (κ3) is 2.18. The molecule has 0 aliphatic carbocycles. The molecule has 0 saturated heterocycles. The van der Waals surface area contributed by atoms with Gasteiger partial charge in [0, 0.05) is 11.6 Å². The number of phenolic OH excluding ortho intramolecular Hbond substituents is 1. The second-order valence-electron chi connectivity index (χ2n) is 5.02. The highest BCUT2D eigenvalue weighted by Crippen LogP contribution is 2.34. The zero-order valence-electron chi connectivity index (χ0n) is 12.1. The zero-order valence-corrected chi connectivity index (χ0v) is 12.1. The van der Waals surface area contributed by atoms with Crippen LogP contribution in [0.15, 0.2) is 30.6 Å².